The summed E-state index contributed by atoms with van der Waals surface area (Å²) in [6.45, 7) is 4.26. The van der Waals surface area contributed by atoms with Crippen molar-refractivity contribution in [2.75, 3.05) is 0 Å². The van der Waals surface area contributed by atoms with E-state index in [1.54, 1.807) is 23.7 Å². The Morgan fingerprint density at radius 1 is 1.00 bits per heavy atom. The summed E-state index contributed by atoms with van der Waals surface area (Å²) >= 11 is 1.68. The molecule has 1 aromatic carbocycles. The van der Waals surface area contributed by atoms with Crippen LogP contribution in [-0.2, 0) is 0 Å². The lowest BCUT2D eigenvalue weighted by molar-refractivity contribution is 0.639. The van der Waals surface area contributed by atoms with Crippen LogP contribution in [0.3, 0.4) is 0 Å². The molecule has 5 aromatic rings. The average Bonchev–Trinajstić information content (AvgIpc) is 3.56. The van der Waals surface area contributed by atoms with Crippen LogP contribution in [0.1, 0.15) is 19.9 Å². The Morgan fingerprint density at radius 2 is 1.91 bits per heavy atom. The van der Waals surface area contributed by atoms with Gasteiger partial charge in [0.05, 0.1) is 44.9 Å². The van der Waals surface area contributed by atoms with Gasteiger partial charge in [-0.15, -0.1) is 11.3 Å². The second-order valence-electron chi connectivity index (χ2n) is 8.59. The third-order valence-corrected chi connectivity index (χ3v) is 7.28. The highest BCUT2D eigenvalue weighted by molar-refractivity contribution is 7.23. The number of nitrogens with zero attached hydrogens (tertiary/aromatic N) is 5. The highest BCUT2D eigenvalue weighted by Gasteiger charge is 2.20. The zero-order chi connectivity index (χ0) is 23.0. The zero-order valence-corrected chi connectivity index (χ0v) is 19.1. The summed E-state index contributed by atoms with van der Waals surface area (Å²) in [6.07, 6.45) is 5.08. The van der Waals surface area contributed by atoms with Crippen molar-refractivity contribution >= 4 is 64.9 Å². The molecule has 6 heterocycles. The van der Waals surface area contributed by atoms with Crippen LogP contribution in [0.2, 0.25) is 0 Å². The number of aromatic nitrogens is 7. The smallest absolute Gasteiger partial charge is 0.179 e. The topological polar surface area (TPSA) is 88.1 Å². The minimum absolute atomic E-state index is 0.159. The quantitative estimate of drug-likeness (QED) is 0.288. The van der Waals surface area contributed by atoms with E-state index >= 15 is 4.39 Å². The molecular formula is C25H18FN7S. The first-order valence-corrected chi connectivity index (χ1v) is 11.8. The van der Waals surface area contributed by atoms with E-state index in [1.807, 2.05) is 24.4 Å². The van der Waals surface area contributed by atoms with Gasteiger partial charge in [-0.3, -0.25) is 20.2 Å². The number of hydrogen-bond acceptors (Lipinski definition) is 5. The van der Waals surface area contributed by atoms with Crippen LogP contribution >= 0.6 is 11.3 Å². The van der Waals surface area contributed by atoms with Gasteiger partial charge in [-0.1, -0.05) is 12.1 Å². The molecule has 0 atom stereocenters. The number of para-hydroxylation sites is 1. The number of hydrogen-bond donors (Lipinski definition) is 2. The summed E-state index contributed by atoms with van der Waals surface area (Å²) in [7, 11) is 0. The van der Waals surface area contributed by atoms with Gasteiger partial charge in [-0.2, -0.15) is 0 Å². The molecule has 34 heavy (non-hydrogen) atoms. The van der Waals surface area contributed by atoms with Crippen molar-refractivity contribution in [3.05, 3.63) is 60.8 Å². The van der Waals surface area contributed by atoms with Crippen LogP contribution in [0, 0.1) is 5.82 Å². The zero-order valence-electron chi connectivity index (χ0n) is 18.3. The fraction of sp³-hybridized carbons (Fsp3) is 0.120. The van der Waals surface area contributed by atoms with E-state index in [0.29, 0.717) is 27.8 Å². The fourth-order valence-electron chi connectivity index (χ4n) is 4.65. The highest BCUT2D eigenvalue weighted by Crippen LogP contribution is 2.34. The van der Waals surface area contributed by atoms with Crippen molar-refractivity contribution in [2.45, 2.75) is 19.9 Å². The molecule has 9 heteroatoms. The maximum absolute atomic E-state index is 16.0. The second kappa shape index (κ2) is 6.94. The minimum Gasteiger partial charge on any atom is -0.329 e. The predicted molar refractivity (Wildman–Crippen MR) is 134 cm³/mol. The average molecular weight is 468 g/mol. The predicted octanol–water partition coefficient (Wildman–Crippen LogP) is 6.50. The summed E-state index contributed by atoms with van der Waals surface area (Å²) in [5.74, 6) is -0.443. The molecule has 0 saturated heterocycles. The lowest BCUT2D eigenvalue weighted by Crippen LogP contribution is -2.01. The molecule has 4 aromatic heterocycles. The van der Waals surface area contributed by atoms with Gasteiger partial charge in [0.1, 0.15) is 11.2 Å². The van der Waals surface area contributed by atoms with Gasteiger partial charge in [0.25, 0.3) is 0 Å². The van der Waals surface area contributed by atoms with Gasteiger partial charge in [-0.05, 0) is 38.1 Å². The van der Waals surface area contributed by atoms with Gasteiger partial charge in [0.2, 0.25) is 0 Å². The first kappa shape index (κ1) is 19.4. The van der Waals surface area contributed by atoms with Crippen LogP contribution in [0.4, 0.5) is 4.39 Å². The van der Waals surface area contributed by atoms with E-state index in [1.165, 1.54) is 0 Å². The summed E-state index contributed by atoms with van der Waals surface area (Å²) in [4.78, 5) is 19.5. The molecule has 0 saturated carbocycles. The maximum atomic E-state index is 16.0. The van der Waals surface area contributed by atoms with E-state index in [-0.39, 0.29) is 11.6 Å². The van der Waals surface area contributed by atoms with Gasteiger partial charge in [0.15, 0.2) is 11.5 Å². The number of fused-ring (bicyclic) bond motifs is 9. The Kier molecular flexibility index (Phi) is 3.96. The van der Waals surface area contributed by atoms with Crippen molar-refractivity contribution in [1.29, 1.82) is 0 Å². The van der Waals surface area contributed by atoms with Crippen LogP contribution in [0.5, 0.6) is 0 Å². The molecule has 7 rings (SSSR count). The molecule has 2 aliphatic rings. The lowest BCUT2D eigenvalue weighted by Gasteiger charge is -2.12. The van der Waals surface area contributed by atoms with Crippen molar-refractivity contribution in [1.82, 2.24) is 34.7 Å². The van der Waals surface area contributed by atoms with Crippen LogP contribution < -0.4 is 0 Å². The first-order valence-electron chi connectivity index (χ1n) is 10.9. The Bertz CT molecular complexity index is 1920. The van der Waals surface area contributed by atoms with Crippen molar-refractivity contribution in [2.24, 2.45) is 0 Å². The van der Waals surface area contributed by atoms with Gasteiger partial charge < -0.3 is 4.57 Å². The van der Waals surface area contributed by atoms with Gasteiger partial charge in [-0.25, -0.2) is 14.4 Å². The van der Waals surface area contributed by atoms with E-state index in [4.69, 9.17) is 9.97 Å². The van der Waals surface area contributed by atoms with E-state index < -0.39 is 5.82 Å². The number of aromatic amines is 2. The molecule has 8 bridgehead atoms. The van der Waals surface area contributed by atoms with Crippen molar-refractivity contribution in [3.8, 4) is 11.3 Å². The Labute approximate surface area is 196 Å². The summed E-state index contributed by atoms with van der Waals surface area (Å²) in [5.41, 5.74) is 4.52. The van der Waals surface area contributed by atoms with Crippen LogP contribution in [0.15, 0.2) is 55.0 Å². The fourth-order valence-corrected chi connectivity index (χ4v) is 5.84. The lowest BCUT2D eigenvalue weighted by atomic mass is 10.1. The number of nitrogens with one attached hydrogen (secondary N) is 2. The van der Waals surface area contributed by atoms with E-state index in [2.05, 4.69) is 56.8 Å². The van der Waals surface area contributed by atoms with E-state index in [9.17, 15) is 0 Å². The number of pyridine rings is 2. The largest absolute Gasteiger partial charge is 0.329 e. The summed E-state index contributed by atoms with van der Waals surface area (Å²) < 4.78 is 19.3. The van der Waals surface area contributed by atoms with Gasteiger partial charge >= 0.3 is 0 Å². The normalized spacial score (nSPS) is 12.2. The Balaban J connectivity index is 1.79. The SMILES string of the molecule is CC(C)n1c2cncc(c2)c2ncc3[nH][nH]c(c4nc5cccc(c6ccc1s6)c5n4)-c3c2F. The number of benzene rings is 1. The molecule has 2 aliphatic heterocycles. The van der Waals surface area contributed by atoms with Crippen molar-refractivity contribution in [3.63, 3.8) is 0 Å². The molecule has 0 amide bonds. The minimum atomic E-state index is -0.443. The van der Waals surface area contributed by atoms with Crippen LogP contribution in [0.25, 0.3) is 64.8 Å². The molecule has 0 fully saturated rings. The monoisotopic (exact) mass is 467 g/mol. The Morgan fingerprint density at radius 3 is 2.79 bits per heavy atom. The number of imidazole rings is 1. The molecule has 2 N–H and O–H groups in total. The van der Waals surface area contributed by atoms with Crippen LogP contribution in [-0.4, -0.2) is 34.7 Å². The molecule has 166 valence electrons. The third-order valence-electron chi connectivity index (χ3n) is 6.16. The highest BCUT2D eigenvalue weighted by atomic mass is 32.1. The molecule has 0 unspecified atom stereocenters. The number of rotatable bonds is 1. The molecular weight excluding hydrogens is 449 g/mol. The van der Waals surface area contributed by atoms with Crippen molar-refractivity contribution < 1.29 is 4.39 Å². The molecule has 0 radical (unpaired) electrons. The standard InChI is InChI=1S/C25H18FN7S/c1-12(2)33-14-8-13(9-27-10-14)22-21(26)20-17(11-28-22)31-32-24(20)25-29-16-5-3-4-15(23(16)30-25)18-6-7-19(33)34-18/h3-12,31-32H,1-2H3. The molecule has 0 aliphatic carbocycles. The summed E-state index contributed by atoms with van der Waals surface area (Å²) in [6, 6.07) is 12.3. The van der Waals surface area contributed by atoms with E-state index in [0.717, 1.165) is 31.5 Å². The number of thiophene rings is 1. The third kappa shape index (κ3) is 2.67. The number of H-pyrrole nitrogens is 2. The second-order valence-corrected chi connectivity index (χ2v) is 9.65. The first-order chi connectivity index (χ1) is 16.6. The molecule has 0 spiro atoms. The van der Waals surface area contributed by atoms with Gasteiger partial charge in [0, 0.05) is 27.7 Å². The number of halogens is 1. The summed E-state index contributed by atoms with van der Waals surface area (Å²) in [5, 5.41) is 7.67. The molecule has 7 nitrogen and oxygen atoms in total. The maximum Gasteiger partial charge on any atom is 0.179 e. The Hall–Kier alpha value is -4.11.